The highest BCUT2D eigenvalue weighted by Gasteiger charge is 2.34. The molecule has 1 aromatic rings. The molecule has 0 unspecified atom stereocenters. The minimum absolute atomic E-state index is 0.199. The molecule has 3 heteroatoms. The lowest BCUT2D eigenvalue weighted by Gasteiger charge is -2.29. The molecule has 1 heterocycles. The van der Waals surface area contributed by atoms with Crippen LogP contribution in [0, 0.1) is 0 Å². The highest BCUT2D eigenvalue weighted by Crippen LogP contribution is 2.43. The summed E-state index contributed by atoms with van der Waals surface area (Å²) in [6, 6.07) is 6.81. The standard InChI is InChI=1S/C17H24ClNS/c18-16-11-14(17(12-19)7-1-2-8-17)3-4-15(16)13-5-9-20-10-6-13/h3-4,11,13H,1-2,5-10,12,19H2. The van der Waals surface area contributed by atoms with Crippen molar-refractivity contribution in [3.05, 3.63) is 34.3 Å². The van der Waals surface area contributed by atoms with Crippen molar-refractivity contribution in [1.82, 2.24) is 0 Å². The van der Waals surface area contributed by atoms with Crippen LogP contribution in [0.5, 0.6) is 0 Å². The Morgan fingerprint density at radius 2 is 1.90 bits per heavy atom. The van der Waals surface area contributed by atoms with Crippen LogP contribution < -0.4 is 5.73 Å². The van der Waals surface area contributed by atoms with E-state index in [1.54, 1.807) is 0 Å². The quantitative estimate of drug-likeness (QED) is 0.874. The van der Waals surface area contributed by atoms with E-state index in [-0.39, 0.29) is 5.41 Å². The summed E-state index contributed by atoms with van der Waals surface area (Å²) in [5, 5.41) is 0.971. The van der Waals surface area contributed by atoms with Gasteiger partial charge in [-0.1, -0.05) is 36.6 Å². The van der Waals surface area contributed by atoms with Gasteiger partial charge in [0.1, 0.15) is 0 Å². The summed E-state index contributed by atoms with van der Waals surface area (Å²) in [6.07, 6.45) is 7.59. The first kappa shape index (κ1) is 14.7. The second-order valence-corrected chi connectivity index (χ2v) is 7.95. The molecule has 1 nitrogen and oxygen atoms in total. The van der Waals surface area contributed by atoms with E-state index in [1.165, 1.54) is 61.2 Å². The lowest BCUT2D eigenvalue weighted by molar-refractivity contribution is 0.452. The van der Waals surface area contributed by atoms with E-state index in [4.69, 9.17) is 17.3 Å². The van der Waals surface area contributed by atoms with E-state index >= 15 is 0 Å². The number of thioether (sulfide) groups is 1. The molecule has 0 aromatic heterocycles. The topological polar surface area (TPSA) is 26.0 Å². The third kappa shape index (κ3) is 2.75. The summed E-state index contributed by atoms with van der Waals surface area (Å²) < 4.78 is 0. The Kier molecular flexibility index (Phi) is 4.64. The molecule has 1 aliphatic carbocycles. The molecule has 20 heavy (non-hydrogen) atoms. The Labute approximate surface area is 131 Å². The molecule has 1 aliphatic heterocycles. The summed E-state index contributed by atoms with van der Waals surface area (Å²) in [5.74, 6) is 3.21. The van der Waals surface area contributed by atoms with Crippen molar-refractivity contribution in [2.24, 2.45) is 5.73 Å². The van der Waals surface area contributed by atoms with Crippen molar-refractivity contribution < 1.29 is 0 Å². The van der Waals surface area contributed by atoms with Gasteiger partial charge in [0.2, 0.25) is 0 Å². The predicted octanol–water partition coefficient (Wildman–Crippen LogP) is 4.72. The van der Waals surface area contributed by atoms with E-state index in [1.807, 2.05) is 0 Å². The van der Waals surface area contributed by atoms with Gasteiger partial charge in [0.15, 0.2) is 0 Å². The zero-order valence-corrected chi connectivity index (χ0v) is 13.6. The first-order valence-electron chi connectivity index (χ1n) is 7.83. The fraction of sp³-hybridized carbons (Fsp3) is 0.647. The predicted molar refractivity (Wildman–Crippen MR) is 90.0 cm³/mol. The van der Waals surface area contributed by atoms with Crippen molar-refractivity contribution in [2.75, 3.05) is 18.1 Å². The zero-order valence-electron chi connectivity index (χ0n) is 12.0. The molecular weight excluding hydrogens is 286 g/mol. The number of halogens is 1. The van der Waals surface area contributed by atoms with E-state index in [0.717, 1.165) is 11.6 Å². The monoisotopic (exact) mass is 309 g/mol. The van der Waals surface area contributed by atoms with Gasteiger partial charge in [-0.3, -0.25) is 0 Å². The van der Waals surface area contributed by atoms with Gasteiger partial charge < -0.3 is 5.73 Å². The van der Waals surface area contributed by atoms with E-state index in [2.05, 4.69) is 30.0 Å². The lowest BCUT2D eigenvalue weighted by Crippen LogP contribution is -2.32. The molecule has 0 radical (unpaired) electrons. The van der Waals surface area contributed by atoms with E-state index < -0.39 is 0 Å². The van der Waals surface area contributed by atoms with Crippen LogP contribution in [0.4, 0.5) is 0 Å². The Balaban J connectivity index is 1.86. The Morgan fingerprint density at radius 1 is 1.20 bits per heavy atom. The van der Waals surface area contributed by atoms with Crippen LogP contribution in [0.2, 0.25) is 5.02 Å². The third-order valence-corrected chi connectivity index (χ3v) is 6.60. The van der Waals surface area contributed by atoms with Crippen LogP contribution in [0.3, 0.4) is 0 Å². The fourth-order valence-corrected chi connectivity index (χ4v) is 5.30. The molecule has 2 fully saturated rings. The molecule has 2 aliphatic rings. The molecule has 0 amide bonds. The molecule has 1 saturated carbocycles. The van der Waals surface area contributed by atoms with Crippen molar-refractivity contribution in [1.29, 1.82) is 0 Å². The first-order valence-corrected chi connectivity index (χ1v) is 9.36. The Bertz CT molecular complexity index is 462. The summed E-state index contributed by atoms with van der Waals surface area (Å²) >= 11 is 8.68. The summed E-state index contributed by atoms with van der Waals surface area (Å²) in [6.45, 7) is 0.753. The number of benzene rings is 1. The van der Waals surface area contributed by atoms with Crippen molar-refractivity contribution in [3.63, 3.8) is 0 Å². The average molecular weight is 310 g/mol. The van der Waals surface area contributed by atoms with Crippen LogP contribution in [-0.2, 0) is 5.41 Å². The molecule has 110 valence electrons. The molecule has 0 atom stereocenters. The third-order valence-electron chi connectivity index (χ3n) is 5.23. The molecule has 0 spiro atoms. The Morgan fingerprint density at radius 3 is 2.50 bits per heavy atom. The van der Waals surface area contributed by atoms with Crippen LogP contribution in [0.15, 0.2) is 18.2 Å². The second-order valence-electron chi connectivity index (χ2n) is 6.31. The van der Waals surface area contributed by atoms with Crippen LogP contribution >= 0.6 is 23.4 Å². The van der Waals surface area contributed by atoms with E-state index in [9.17, 15) is 0 Å². The van der Waals surface area contributed by atoms with Crippen molar-refractivity contribution in [3.8, 4) is 0 Å². The largest absolute Gasteiger partial charge is 0.330 e. The van der Waals surface area contributed by atoms with Crippen LogP contribution in [-0.4, -0.2) is 18.1 Å². The summed E-state index contributed by atoms with van der Waals surface area (Å²) in [7, 11) is 0. The average Bonchev–Trinajstić information content (AvgIpc) is 2.98. The fourth-order valence-electron chi connectivity index (χ4n) is 3.86. The van der Waals surface area contributed by atoms with Crippen molar-refractivity contribution >= 4 is 23.4 Å². The molecule has 0 bridgehead atoms. The summed E-state index contributed by atoms with van der Waals surface area (Å²) in [5.41, 5.74) is 9.02. The lowest BCUT2D eigenvalue weighted by atomic mass is 9.78. The number of rotatable bonds is 3. The van der Waals surface area contributed by atoms with Gasteiger partial charge in [-0.05, 0) is 60.3 Å². The molecule has 1 saturated heterocycles. The smallest absolute Gasteiger partial charge is 0.0443 e. The van der Waals surface area contributed by atoms with Gasteiger partial charge >= 0.3 is 0 Å². The second kappa shape index (κ2) is 6.29. The molecule has 3 rings (SSSR count). The van der Waals surface area contributed by atoms with E-state index in [0.29, 0.717) is 5.92 Å². The molecular formula is C17H24ClNS. The normalized spacial score (nSPS) is 23.1. The van der Waals surface area contributed by atoms with Gasteiger partial charge in [0, 0.05) is 17.0 Å². The maximum Gasteiger partial charge on any atom is 0.0443 e. The summed E-state index contributed by atoms with van der Waals surface area (Å²) in [4.78, 5) is 0. The highest BCUT2D eigenvalue weighted by molar-refractivity contribution is 7.99. The van der Waals surface area contributed by atoms with Crippen LogP contribution in [0.1, 0.15) is 55.6 Å². The minimum atomic E-state index is 0.199. The van der Waals surface area contributed by atoms with Crippen LogP contribution in [0.25, 0.3) is 0 Å². The maximum absolute atomic E-state index is 6.61. The minimum Gasteiger partial charge on any atom is -0.330 e. The SMILES string of the molecule is NCC1(c2ccc(C3CCSCC3)c(Cl)c2)CCCC1. The van der Waals surface area contributed by atoms with Gasteiger partial charge in [0.25, 0.3) is 0 Å². The van der Waals surface area contributed by atoms with Gasteiger partial charge in [-0.15, -0.1) is 0 Å². The molecule has 1 aromatic carbocycles. The molecule has 2 N–H and O–H groups in total. The zero-order chi connectivity index (χ0) is 14.0. The Hall–Kier alpha value is -0.180. The number of hydrogen-bond donors (Lipinski definition) is 1. The first-order chi connectivity index (χ1) is 9.75. The van der Waals surface area contributed by atoms with Crippen molar-refractivity contribution in [2.45, 2.75) is 49.9 Å². The number of nitrogens with two attached hydrogens (primary N) is 1. The van der Waals surface area contributed by atoms with Gasteiger partial charge in [0.05, 0.1) is 0 Å². The number of hydrogen-bond acceptors (Lipinski definition) is 2. The highest BCUT2D eigenvalue weighted by atomic mass is 35.5. The maximum atomic E-state index is 6.61. The van der Waals surface area contributed by atoms with Gasteiger partial charge in [-0.25, -0.2) is 0 Å². The van der Waals surface area contributed by atoms with Gasteiger partial charge in [-0.2, -0.15) is 11.8 Å².